The van der Waals surface area contributed by atoms with Crippen molar-refractivity contribution in [3.8, 4) is 5.75 Å². The summed E-state index contributed by atoms with van der Waals surface area (Å²) in [5.41, 5.74) is 4.77. The Morgan fingerprint density at radius 2 is 2.05 bits per heavy atom. The van der Waals surface area contributed by atoms with Crippen molar-refractivity contribution in [2.45, 2.75) is 6.04 Å². The number of rotatable bonds is 7. The first-order chi connectivity index (χ1) is 9.86. The molecule has 1 atom stereocenters. The molecule has 1 aromatic heterocycles. The number of nitrogens with one attached hydrogen (secondary N) is 1. The van der Waals surface area contributed by atoms with E-state index in [4.69, 9.17) is 15.3 Å². The summed E-state index contributed by atoms with van der Waals surface area (Å²) in [5, 5.41) is 0. The standard InChI is InChI=1S/C15H19N3O2/c1-19-9-10-20-14-7-3-2-6-13(14)15(18-16)12-5-4-8-17-11-12/h2-8,11,15,18H,9-10,16H2,1H3. The molecule has 0 saturated heterocycles. The van der Waals surface area contributed by atoms with Crippen molar-refractivity contribution in [2.24, 2.45) is 5.84 Å². The summed E-state index contributed by atoms with van der Waals surface area (Å²) in [7, 11) is 1.65. The molecule has 0 saturated carbocycles. The van der Waals surface area contributed by atoms with Gasteiger partial charge >= 0.3 is 0 Å². The number of hydrogen-bond donors (Lipinski definition) is 2. The molecule has 2 aromatic rings. The molecule has 0 aliphatic rings. The average Bonchev–Trinajstić information content (AvgIpc) is 2.51. The van der Waals surface area contributed by atoms with E-state index in [0.29, 0.717) is 13.2 Å². The highest BCUT2D eigenvalue weighted by Crippen LogP contribution is 2.29. The predicted octanol–water partition coefficient (Wildman–Crippen LogP) is 1.66. The number of aromatic nitrogens is 1. The van der Waals surface area contributed by atoms with Crippen molar-refractivity contribution in [2.75, 3.05) is 20.3 Å². The summed E-state index contributed by atoms with van der Waals surface area (Å²) in [5.74, 6) is 6.49. The number of benzene rings is 1. The van der Waals surface area contributed by atoms with Gasteiger partial charge in [0, 0.05) is 25.1 Å². The van der Waals surface area contributed by atoms with E-state index in [1.807, 2.05) is 36.4 Å². The maximum atomic E-state index is 5.74. The molecule has 1 heterocycles. The third-order valence-electron chi connectivity index (χ3n) is 2.96. The van der Waals surface area contributed by atoms with Gasteiger partial charge in [0.1, 0.15) is 12.4 Å². The molecule has 1 aromatic carbocycles. The van der Waals surface area contributed by atoms with Crippen LogP contribution in [0.25, 0.3) is 0 Å². The first-order valence-corrected chi connectivity index (χ1v) is 6.43. The van der Waals surface area contributed by atoms with E-state index >= 15 is 0 Å². The second-order valence-electron chi connectivity index (χ2n) is 4.27. The van der Waals surface area contributed by atoms with Crippen LogP contribution in [-0.4, -0.2) is 25.3 Å². The molecule has 0 aliphatic carbocycles. The monoisotopic (exact) mass is 273 g/mol. The van der Waals surface area contributed by atoms with Gasteiger partial charge in [0.2, 0.25) is 0 Å². The molecule has 0 radical (unpaired) electrons. The zero-order chi connectivity index (χ0) is 14.2. The van der Waals surface area contributed by atoms with Crippen LogP contribution in [0.4, 0.5) is 0 Å². The number of ether oxygens (including phenoxy) is 2. The summed E-state index contributed by atoms with van der Waals surface area (Å²) in [4.78, 5) is 4.13. The number of hydrogen-bond acceptors (Lipinski definition) is 5. The first-order valence-electron chi connectivity index (χ1n) is 6.43. The number of hydrazine groups is 1. The van der Waals surface area contributed by atoms with Crippen molar-refractivity contribution >= 4 is 0 Å². The van der Waals surface area contributed by atoms with Crippen LogP contribution in [-0.2, 0) is 4.74 Å². The smallest absolute Gasteiger partial charge is 0.124 e. The molecule has 0 spiro atoms. The summed E-state index contributed by atoms with van der Waals surface area (Å²) in [6.45, 7) is 1.04. The minimum Gasteiger partial charge on any atom is -0.491 e. The van der Waals surface area contributed by atoms with E-state index in [1.54, 1.807) is 19.5 Å². The van der Waals surface area contributed by atoms with E-state index in [2.05, 4.69) is 10.4 Å². The lowest BCUT2D eigenvalue weighted by Gasteiger charge is -2.20. The molecule has 2 rings (SSSR count). The fourth-order valence-electron chi connectivity index (χ4n) is 2.00. The Morgan fingerprint density at radius 1 is 1.20 bits per heavy atom. The largest absolute Gasteiger partial charge is 0.491 e. The lowest BCUT2D eigenvalue weighted by molar-refractivity contribution is 0.145. The number of pyridine rings is 1. The molecule has 5 heteroatoms. The zero-order valence-corrected chi connectivity index (χ0v) is 11.5. The summed E-state index contributed by atoms with van der Waals surface area (Å²) in [6, 6.07) is 11.5. The Kier molecular flexibility index (Phi) is 5.49. The SMILES string of the molecule is COCCOc1ccccc1C(NN)c1cccnc1. The second kappa shape index (κ2) is 7.59. The molecule has 0 aliphatic heterocycles. The average molecular weight is 273 g/mol. The number of para-hydroxylation sites is 1. The zero-order valence-electron chi connectivity index (χ0n) is 11.5. The van der Waals surface area contributed by atoms with Crippen LogP contribution >= 0.6 is 0 Å². The highest BCUT2D eigenvalue weighted by atomic mass is 16.5. The van der Waals surface area contributed by atoms with Gasteiger partial charge in [-0.15, -0.1) is 0 Å². The quantitative estimate of drug-likeness (QED) is 0.456. The molecule has 3 N–H and O–H groups in total. The summed E-state index contributed by atoms with van der Waals surface area (Å²) < 4.78 is 10.7. The van der Waals surface area contributed by atoms with Crippen LogP contribution in [0.2, 0.25) is 0 Å². The van der Waals surface area contributed by atoms with Crippen molar-refractivity contribution in [3.63, 3.8) is 0 Å². The van der Waals surface area contributed by atoms with E-state index in [0.717, 1.165) is 16.9 Å². The Labute approximate surface area is 118 Å². The fraction of sp³-hybridized carbons (Fsp3) is 0.267. The molecule has 5 nitrogen and oxygen atoms in total. The molecule has 1 unspecified atom stereocenters. The molecular weight excluding hydrogens is 254 g/mol. The predicted molar refractivity (Wildman–Crippen MR) is 77.2 cm³/mol. The maximum Gasteiger partial charge on any atom is 0.124 e. The van der Waals surface area contributed by atoms with Crippen molar-refractivity contribution < 1.29 is 9.47 Å². The third kappa shape index (κ3) is 3.54. The number of nitrogens with zero attached hydrogens (tertiary/aromatic N) is 1. The third-order valence-corrected chi connectivity index (χ3v) is 2.96. The van der Waals surface area contributed by atoms with Gasteiger partial charge in [-0.25, -0.2) is 5.43 Å². The van der Waals surface area contributed by atoms with Crippen LogP contribution in [0.1, 0.15) is 17.2 Å². The fourth-order valence-corrected chi connectivity index (χ4v) is 2.00. The van der Waals surface area contributed by atoms with Crippen molar-refractivity contribution in [1.82, 2.24) is 10.4 Å². The maximum absolute atomic E-state index is 5.74. The van der Waals surface area contributed by atoms with Gasteiger partial charge in [-0.1, -0.05) is 24.3 Å². The normalized spacial score (nSPS) is 12.1. The number of methoxy groups -OCH3 is 1. The van der Waals surface area contributed by atoms with Gasteiger partial charge in [0.25, 0.3) is 0 Å². The number of nitrogens with two attached hydrogens (primary N) is 1. The topological polar surface area (TPSA) is 69.4 Å². The minimum atomic E-state index is -0.164. The Hall–Kier alpha value is -1.95. The minimum absolute atomic E-state index is 0.164. The van der Waals surface area contributed by atoms with Gasteiger partial charge < -0.3 is 9.47 Å². The molecule has 0 amide bonds. The van der Waals surface area contributed by atoms with Crippen LogP contribution in [0, 0.1) is 0 Å². The van der Waals surface area contributed by atoms with Crippen LogP contribution in [0.5, 0.6) is 5.75 Å². The second-order valence-corrected chi connectivity index (χ2v) is 4.27. The van der Waals surface area contributed by atoms with Gasteiger partial charge in [-0.3, -0.25) is 10.8 Å². The molecule has 20 heavy (non-hydrogen) atoms. The van der Waals surface area contributed by atoms with E-state index in [9.17, 15) is 0 Å². The van der Waals surface area contributed by atoms with Crippen LogP contribution in [0.15, 0.2) is 48.8 Å². The Bertz CT molecular complexity index is 520. The van der Waals surface area contributed by atoms with Crippen LogP contribution in [0.3, 0.4) is 0 Å². The van der Waals surface area contributed by atoms with E-state index in [1.165, 1.54) is 0 Å². The van der Waals surface area contributed by atoms with E-state index < -0.39 is 0 Å². The van der Waals surface area contributed by atoms with Crippen LogP contribution < -0.4 is 16.0 Å². The first kappa shape index (κ1) is 14.5. The van der Waals surface area contributed by atoms with Gasteiger partial charge in [-0.05, 0) is 17.7 Å². The molecule has 0 bridgehead atoms. The van der Waals surface area contributed by atoms with Gasteiger partial charge in [-0.2, -0.15) is 0 Å². The summed E-state index contributed by atoms with van der Waals surface area (Å²) >= 11 is 0. The lowest BCUT2D eigenvalue weighted by Crippen LogP contribution is -2.29. The van der Waals surface area contributed by atoms with Gasteiger partial charge in [0.05, 0.1) is 12.6 Å². The van der Waals surface area contributed by atoms with Gasteiger partial charge in [0.15, 0.2) is 0 Å². The highest BCUT2D eigenvalue weighted by molar-refractivity contribution is 5.40. The van der Waals surface area contributed by atoms with Crippen molar-refractivity contribution in [3.05, 3.63) is 59.9 Å². The van der Waals surface area contributed by atoms with Crippen molar-refractivity contribution in [1.29, 1.82) is 0 Å². The van der Waals surface area contributed by atoms with E-state index in [-0.39, 0.29) is 6.04 Å². The highest BCUT2D eigenvalue weighted by Gasteiger charge is 2.16. The summed E-state index contributed by atoms with van der Waals surface area (Å²) in [6.07, 6.45) is 3.52. The molecule has 106 valence electrons. The lowest BCUT2D eigenvalue weighted by atomic mass is 10.00. The Morgan fingerprint density at radius 3 is 2.75 bits per heavy atom. The Balaban J connectivity index is 2.25. The molecule has 0 fully saturated rings. The molecular formula is C15H19N3O2.